The van der Waals surface area contributed by atoms with E-state index in [1.54, 1.807) is 6.33 Å². The Morgan fingerprint density at radius 3 is 2.95 bits per heavy atom. The lowest BCUT2D eigenvalue weighted by Gasteiger charge is -2.22. The molecule has 0 amide bonds. The van der Waals surface area contributed by atoms with E-state index < -0.39 is 0 Å². The molecule has 1 aliphatic rings. The highest BCUT2D eigenvalue weighted by molar-refractivity contribution is 8.00. The molecule has 3 rings (SSSR count). The third-order valence-electron chi connectivity index (χ3n) is 3.74. The zero-order chi connectivity index (χ0) is 13.8. The summed E-state index contributed by atoms with van der Waals surface area (Å²) in [5.41, 5.74) is 1.11. The van der Waals surface area contributed by atoms with E-state index >= 15 is 0 Å². The third-order valence-corrected chi connectivity index (χ3v) is 5.27. The van der Waals surface area contributed by atoms with Crippen LogP contribution in [0.3, 0.4) is 0 Å². The van der Waals surface area contributed by atoms with Crippen molar-refractivity contribution in [3.8, 4) is 5.69 Å². The Labute approximate surface area is 124 Å². The maximum Gasteiger partial charge on any atom is 0.151 e. The van der Waals surface area contributed by atoms with E-state index in [1.165, 1.54) is 18.6 Å². The molecule has 0 radical (unpaired) electrons. The van der Waals surface area contributed by atoms with Gasteiger partial charge in [0.2, 0.25) is 0 Å². The molecule has 2 aromatic rings. The third kappa shape index (κ3) is 3.04. The van der Waals surface area contributed by atoms with Crippen LogP contribution in [-0.4, -0.2) is 31.8 Å². The summed E-state index contributed by atoms with van der Waals surface area (Å²) in [4.78, 5) is 0. The van der Waals surface area contributed by atoms with Gasteiger partial charge < -0.3 is 5.32 Å². The van der Waals surface area contributed by atoms with Crippen molar-refractivity contribution in [3.63, 3.8) is 0 Å². The molecular formula is C15H20N4S. The summed E-state index contributed by atoms with van der Waals surface area (Å²) >= 11 is 2.08. The first kappa shape index (κ1) is 13.6. The Balaban J connectivity index is 1.63. The fraction of sp³-hybridized carbons (Fsp3) is 0.467. The number of thioether (sulfide) groups is 1. The number of hydrogen-bond acceptors (Lipinski definition) is 4. The topological polar surface area (TPSA) is 42.7 Å². The lowest BCUT2D eigenvalue weighted by atomic mass is 10.1. The van der Waals surface area contributed by atoms with Crippen molar-refractivity contribution in [2.24, 2.45) is 0 Å². The van der Waals surface area contributed by atoms with Gasteiger partial charge in [-0.2, -0.15) is 11.8 Å². The molecule has 1 saturated heterocycles. The Morgan fingerprint density at radius 2 is 2.20 bits per heavy atom. The summed E-state index contributed by atoms with van der Waals surface area (Å²) in [6.07, 6.45) is 4.41. The molecule has 1 aliphatic heterocycles. The number of para-hydroxylation sites is 1. The Morgan fingerprint density at radius 1 is 1.35 bits per heavy atom. The maximum absolute atomic E-state index is 4.22. The van der Waals surface area contributed by atoms with Gasteiger partial charge in [0.15, 0.2) is 5.82 Å². The number of nitrogens with one attached hydrogen (secondary N) is 1. The zero-order valence-corrected chi connectivity index (χ0v) is 12.6. The number of nitrogens with zero attached hydrogens (tertiary/aromatic N) is 3. The summed E-state index contributed by atoms with van der Waals surface area (Å²) in [6, 6.07) is 10.2. The molecule has 106 valence electrons. The molecule has 1 fully saturated rings. The molecule has 4 nitrogen and oxygen atoms in total. The SMILES string of the molecule is C[C@@]1(CNCc2nncn2-c2ccccc2)CCCS1. The summed E-state index contributed by atoms with van der Waals surface area (Å²) in [5, 5.41) is 11.8. The number of benzene rings is 1. The van der Waals surface area contributed by atoms with Gasteiger partial charge >= 0.3 is 0 Å². The first-order chi connectivity index (χ1) is 9.77. The molecule has 0 unspecified atom stereocenters. The minimum Gasteiger partial charge on any atom is -0.308 e. The molecule has 5 heteroatoms. The van der Waals surface area contributed by atoms with Crippen LogP contribution in [0.15, 0.2) is 36.7 Å². The van der Waals surface area contributed by atoms with Gasteiger partial charge in [-0.1, -0.05) is 18.2 Å². The second-order valence-electron chi connectivity index (χ2n) is 5.46. The van der Waals surface area contributed by atoms with E-state index in [2.05, 4.69) is 46.3 Å². The van der Waals surface area contributed by atoms with Crippen molar-refractivity contribution in [2.75, 3.05) is 12.3 Å². The van der Waals surface area contributed by atoms with Crippen LogP contribution in [0.4, 0.5) is 0 Å². The largest absolute Gasteiger partial charge is 0.308 e. The van der Waals surface area contributed by atoms with Crippen LogP contribution in [0.2, 0.25) is 0 Å². The predicted molar refractivity (Wildman–Crippen MR) is 83.2 cm³/mol. The molecule has 2 heterocycles. The lowest BCUT2D eigenvalue weighted by Crippen LogP contribution is -2.33. The van der Waals surface area contributed by atoms with Crippen LogP contribution in [0.25, 0.3) is 5.69 Å². The molecular weight excluding hydrogens is 268 g/mol. The Bertz CT molecular complexity index is 546. The molecule has 1 atom stereocenters. The second kappa shape index (κ2) is 5.97. The quantitative estimate of drug-likeness (QED) is 0.918. The van der Waals surface area contributed by atoms with Crippen LogP contribution in [0.5, 0.6) is 0 Å². The van der Waals surface area contributed by atoms with Gasteiger partial charge in [-0.05, 0) is 37.7 Å². The molecule has 1 aromatic carbocycles. The minimum absolute atomic E-state index is 0.387. The summed E-state index contributed by atoms with van der Waals surface area (Å²) in [6.45, 7) is 4.13. The smallest absolute Gasteiger partial charge is 0.151 e. The normalized spacial score (nSPS) is 22.2. The van der Waals surface area contributed by atoms with Gasteiger partial charge in [0, 0.05) is 17.0 Å². The second-order valence-corrected chi connectivity index (χ2v) is 7.14. The van der Waals surface area contributed by atoms with Crippen molar-refractivity contribution < 1.29 is 0 Å². The highest BCUT2D eigenvalue weighted by Crippen LogP contribution is 2.36. The average molecular weight is 288 g/mol. The van der Waals surface area contributed by atoms with Gasteiger partial charge in [-0.15, -0.1) is 10.2 Å². The molecule has 0 aliphatic carbocycles. The van der Waals surface area contributed by atoms with Gasteiger partial charge in [0.05, 0.1) is 6.54 Å². The van der Waals surface area contributed by atoms with Crippen molar-refractivity contribution in [3.05, 3.63) is 42.5 Å². The highest BCUT2D eigenvalue weighted by Gasteiger charge is 2.28. The molecule has 1 N–H and O–H groups in total. The fourth-order valence-electron chi connectivity index (χ4n) is 2.60. The van der Waals surface area contributed by atoms with Gasteiger partial charge in [-0.3, -0.25) is 4.57 Å². The highest BCUT2D eigenvalue weighted by atomic mass is 32.2. The van der Waals surface area contributed by atoms with Crippen LogP contribution in [-0.2, 0) is 6.54 Å². The summed E-state index contributed by atoms with van der Waals surface area (Å²) in [5.74, 6) is 2.25. The molecule has 0 saturated carbocycles. The van der Waals surface area contributed by atoms with Crippen molar-refractivity contribution >= 4 is 11.8 Å². The summed E-state index contributed by atoms with van der Waals surface area (Å²) < 4.78 is 2.43. The fourth-order valence-corrected chi connectivity index (χ4v) is 3.87. The van der Waals surface area contributed by atoms with Crippen molar-refractivity contribution in [2.45, 2.75) is 31.1 Å². The number of aromatic nitrogens is 3. The van der Waals surface area contributed by atoms with E-state index in [0.29, 0.717) is 4.75 Å². The van der Waals surface area contributed by atoms with Crippen LogP contribution >= 0.6 is 11.8 Å². The monoisotopic (exact) mass is 288 g/mol. The van der Waals surface area contributed by atoms with Crippen LogP contribution in [0.1, 0.15) is 25.6 Å². The zero-order valence-electron chi connectivity index (χ0n) is 11.7. The lowest BCUT2D eigenvalue weighted by molar-refractivity contribution is 0.527. The standard InChI is InChI=1S/C15H20N4S/c1-15(8-5-9-20-15)11-16-10-14-18-17-12-19(14)13-6-3-2-4-7-13/h2-4,6-7,12,16H,5,8-11H2,1H3/t15-/m0/s1. The van der Waals surface area contributed by atoms with Crippen molar-refractivity contribution in [1.29, 1.82) is 0 Å². The number of hydrogen-bond donors (Lipinski definition) is 1. The summed E-state index contributed by atoms with van der Waals surface area (Å²) in [7, 11) is 0. The Hall–Kier alpha value is -1.33. The predicted octanol–water partition coefficient (Wildman–Crippen LogP) is 2.64. The van der Waals surface area contributed by atoms with Gasteiger partial charge in [0.1, 0.15) is 6.33 Å². The van der Waals surface area contributed by atoms with Crippen LogP contribution in [0, 0.1) is 0 Å². The molecule has 20 heavy (non-hydrogen) atoms. The van der Waals surface area contributed by atoms with Gasteiger partial charge in [-0.25, -0.2) is 0 Å². The Kier molecular flexibility index (Phi) is 4.08. The number of rotatable bonds is 5. The van der Waals surface area contributed by atoms with E-state index in [-0.39, 0.29) is 0 Å². The molecule has 0 spiro atoms. The van der Waals surface area contributed by atoms with Gasteiger partial charge in [0.25, 0.3) is 0 Å². The van der Waals surface area contributed by atoms with E-state index in [1.807, 2.05) is 22.8 Å². The molecule has 1 aromatic heterocycles. The van der Waals surface area contributed by atoms with Crippen LogP contribution < -0.4 is 5.32 Å². The average Bonchev–Trinajstić information content (AvgIpc) is 3.10. The van der Waals surface area contributed by atoms with Crippen molar-refractivity contribution in [1.82, 2.24) is 20.1 Å². The molecule has 0 bridgehead atoms. The minimum atomic E-state index is 0.387. The van der Waals surface area contributed by atoms with E-state index in [4.69, 9.17) is 0 Å². The maximum atomic E-state index is 4.22. The van der Waals surface area contributed by atoms with E-state index in [9.17, 15) is 0 Å². The first-order valence-corrected chi connectivity index (χ1v) is 8.04. The first-order valence-electron chi connectivity index (χ1n) is 7.06. The van der Waals surface area contributed by atoms with E-state index in [0.717, 1.165) is 24.6 Å².